The Labute approximate surface area is 124 Å². The first-order valence-corrected chi connectivity index (χ1v) is 9.91. The predicted molar refractivity (Wildman–Crippen MR) is 81.9 cm³/mol. The van der Waals surface area contributed by atoms with E-state index in [9.17, 15) is 0 Å². The third kappa shape index (κ3) is 6.65. The van der Waals surface area contributed by atoms with Crippen LogP contribution in [0.3, 0.4) is 0 Å². The first-order valence-electron chi connectivity index (χ1n) is 7.98. The standard InChI is InChI=1S/C14H31NO4Si/c1-4-17-20(18-5-2,19-6-3)14-8-7-9-15-10-12-16-13-11-15/h4-14H2,1-3H3. The number of morpholine rings is 1. The van der Waals surface area contributed by atoms with E-state index in [1.807, 2.05) is 20.8 Å². The van der Waals surface area contributed by atoms with Gasteiger partial charge in [-0.1, -0.05) is 0 Å². The van der Waals surface area contributed by atoms with Crippen molar-refractivity contribution in [3.63, 3.8) is 0 Å². The summed E-state index contributed by atoms with van der Waals surface area (Å²) in [6.45, 7) is 13.0. The van der Waals surface area contributed by atoms with Gasteiger partial charge in [0.2, 0.25) is 0 Å². The van der Waals surface area contributed by atoms with Crippen molar-refractivity contribution in [3.8, 4) is 0 Å². The van der Waals surface area contributed by atoms with Crippen LogP contribution in [0.4, 0.5) is 0 Å². The van der Waals surface area contributed by atoms with Crippen LogP contribution in [0.2, 0.25) is 6.04 Å². The third-order valence-electron chi connectivity index (χ3n) is 3.40. The number of hydrogen-bond acceptors (Lipinski definition) is 5. The van der Waals surface area contributed by atoms with E-state index in [1.54, 1.807) is 0 Å². The molecule has 0 atom stereocenters. The average molecular weight is 305 g/mol. The molecule has 1 aliphatic rings. The van der Waals surface area contributed by atoms with Crippen molar-refractivity contribution in [1.82, 2.24) is 4.90 Å². The van der Waals surface area contributed by atoms with Crippen molar-refractivity contribution < 1.29 is 18.0 Å². The van der Waals surface area contributed by atoms with Crippen LogP contribution >= 0.6 is 0 Å². The number of rotatable bonds is 11. The van der Waals surface area contributed by atoms with Gasteiger partial charge < -0.3 is 18.0 Å². The Bertz CT molecular complexity index is 220. The van der Waals surface area contributed by atoms with E-state index in [-0.39, 0.29) is 0 Å². The summed E-state index contributed by atoms with van der Waals surface area (Å²) < 4.78 is 23.0. The quantitative estimate of drug-likeness (QED) is 0.432. The smallest absolute Gasteiger partial charge is 0.379 e. The molecule has 120 valence electrons. The minimum atomic E-state index is -2.43. The molecule has 0 amide bonds. The Kier molecular flexibility index (Phi) is 9.67. The van der Waals surface area contributed by atoms with Gasteiger partial charge in [-0.25, -0.2) is 0 Å². The zero-order valence-corrected chi connectivity index (χ0v) is 14.4. The van der Waals surface area contributed by atoms with Crippen molar-refractivity contribution in [1.29, 1.82) is 0 Å². The zero-order chi connectivity index (χ0) is 14.7. The molecule has 0 aromatic carbocycles. The Morgan fingerprint density at radius 2 is 1.45 bits per heavy atom. The van der Waals surface area contributed by atoms with E-state index in [1.165, 1.54) is 6.42 Å². The molecular formula is C14H31NO4Si. The summed E-state index contributed by atoms with van der Waals surface area (Å²) in [7, 11) is -2.43. The summed E-state index contributed by atoms with van der Waals surface area (Å²) in [5, 5.41) is 0. The summed E-state index contributed by atoms with van der Waals surface area (Å²) in [6, 6.07) is 0.923. The maximum Gasteiger partial charge on any atom is 0.500 e. The summed E-state index contributed by atoms with van der Waals surface area (Å²) in [4.78, 5) is 2.47. The molecular weight excluding hydrogens is 274 g/mol. The van der Waals surface area contributed by atoms with E-state index < -0.39 is 8.80 Å². The van der Waals surface area contributed by atoms with Gasteiger partial charge in [0.1, 0.15) is 0 Å². The van der Waals surface area contributed by atoms with Crippen molar-refractivity contribution in [3.05, 3.63) is 0 Å². The lowest BCUT2D eigenvalue weighted by Crippen LogP contribution is -2.46. The normalized spacial score (nSPS) is 17.6. The second-order valence-corrected chi connectivity index (χ2v) is 7.63. The van der Waals surface area contributed by atoms with Crippen LogP contribution in [0.25, 0.3) is 0 Å². The number of ether oxygens (including phenoxy) is 1. The second-order valence-electron chi connectivity index (χ2n) is 4.89. The minimum absolute atomic E-state index is 0.662. The van der Waals surface area contributed by atoms with Gasteiger partial charge in [0.05, 0.1) is 13.2 Å². The van der Waals surface area contributed by atoms with Gasteiger partial charge in [0.25, 0.3) is 0 Å². The zero-order valence-electron chi connectivity index (χ0n) is 13.4. The van der Waals surface area contributed by atoms with E-state index in [4.69, 9.17) is 18.0 Å². The number of unbranched alkanes of at least 4 members (excludes halogenated alkanes) is 1. The molecule has 0 unspecified atom stereocenters. The van der Waals surface area contributed by atoms with Gasteiger partial charge in [-0.15, -0.1) is 0 Å². The molecule has 6 heteroatoms. The minimum Gasteiger partial charge on any atom is -0.379 e. The van der Waals surface area contributed by atoms with Crippen molar-refractivity contribution in [2.75, 3.05) is 52.7 Å². The van der Waals surface area contributed by atoms with Gasteiger partial charge in [0.15, 0.2) is 0 Å². The van der Waals surface area contributed by atoms with Gasteiger partial charge in [0, 0.05) is 39.0 Å². The highest BCUT2D eigenvalue weighted by molar-refractivity contribution is 6.60. The van der Waals surface area contributed by atoms with Gasteiger partial charge in [-0.2, -0.15) is 0 Å². The highest BCUT2D eigenvalue weighted by Crippen LogP contribution is 2.19. The predicted octanol–water partition coefficient (Wildman–Crippen LogP) is 2.15. The van der Waals surface area contributed by atoms with E-state index in [0.717, 1.165) is 45.3 Å². The Morgan fingerprint density at radius 1 is 0.900 bits per heavy atom. The summed E-state index contributed by atoms with van der Waals surface area (Å²) in [5.74, 6) is 0. The molecule has 1 rings (SSSR count). The molecule has 1 saturated heterocycles. The fourth-order valence-electron chi connectivity index (χ4n) is 2.50. The molecule has 1 heterocycles. The lowest BCUT2D eigenvalue weighted by Gasteiger charge is -2.29. The highest BCUT2D eigenvalue weighted by atomic mass is 28.4. The topological polar surface area (TPSA) is 40.2 Å². The Balaban J connectivity index is 2.28. The Hall–Kier alpha value is 0.0169. The first kappa shape index (κ1) is 18.1. The van der Waals surface area contributed by atoms with Crippen molar-refractivity contribution >= 4 is 8.80 Å². The first-order chi connectivity index (χ1) is 9.76. The SMILES string of the molecule is CCO[Si](CCCCN1CCOCC1)(OCC)OCC. The van der Waals surface area contributed by atoms with Gasteiger partial charge in [-0.3, -0.25) is 4.90 Å². The van der Waals surface area contributed by atoms with E-state index >= 15 is 0 Å². The molecule has 0 N–H and O–H groups in total. The average Bonchev–Trinajstić information content (AvgIpc) is 2.46. The molecule has 0 spiro atoms. The lowest BCUT2D eigenvalue weighted by atomic mass is 10.3. The number of hydrogen-bond donors (Lipinski definition) is 0. The second kappa shape index (κ2) is 10.7. The van der Waals surface area contributed by atoms with Crippen LogP contribution in [-0.4, -0.2) is 66.4 Å². The molecule has 0 saturated carbocycles. The monoisotopic (exact) mass is 305 g/mol. The molecule has 0 aliphatic carbocycles. The van der Waals surface area contributed by atoms with Gasteiger partial charge >= 0.3 is 8.80 Å². The number of nitrogens with zero attached hydrogens (tertiary/aromatic N) is 1. The van der Waals surface area contributed by atoms with Crippen LogP contribution in [0.5, 0.6) is 0 Å². The van der Waals surface area contributed by atoms with Crippen LogP contribution < -0.4 is 0 Å². The van der Waals surface area contributed by atoms with Gasteiger partial charge in [-0.05, 0) is 40.2 Å². The van der Waals surface area contributed by atoms with Crippen LogP contribution in [0, 0.1) is 0 Å². The Morgan fingerprint density at radius 3 is 1.95 bits per heavy atom. The molecule has 1 aliphatic heterocycles. The molecule has 0 aromatic heterocycles. The van der Waals surface area contributed by atoms with Crippen LogP contribution in [-0.2, 0) is 18.0 Å². The van der Waals surface area contributed by atoms with Crippen LogP contribution in [0.1, 0.15) is 33.6 Å². The van der Waals surface area contributed by atoms with Crippen LogP contribution in [0.15, 0.2) is 0 Å². The maximum atomic E-state index is 5.86. The van der Waals surface area contributed by atoms with E-state index in [2.05, 4.69) is 4.90 Å². The summed E-state index contributed by atoms with van der Waals surface area (Å²) in [5.41, 5.74) is 0. The summed E-state index contributed by atoms with van der Waals surface area (Å²) >= 11 is 0. The van der Waals surface area contributed by atoms with E-state index in [0.29, 0.717) is 19.8 Å². The fraction of sp³-hybridized carbons (Fsp3) is 1.00. The molecule has 0 bridgehead atoms. The third-order valence-corrected chi connectivity index (χ3v) is 6.56. The molecule has 5 nitrogen and oxygen atoms in total. The molecule has 0 radical (unpaired) electrons. The fourth-order valence-corrected chi connectivity index (χ4v) is 5.19. The largest absolute Gasteiger partial charge is 0.500 e. The van der Waals surface area contributed by atoms with Crippen molar-refractivity contribution in [2.24, 2.45) is 0 Å². The highest BCUT2D eigenvalue weighted by Gasteiger charge is 2.39. The lowest BCUT2D eigenvalue weighted by molar-refractivity contribution is 0.0366. The molecule has 20 heavy (non-hydrogen) atoms. The maximum absolute atomic E-state index is 5.86. The van der Waals surface area contributed by atoms with Crippen molar-refractivity contribution in [2.45, 2.75) is 39.7 Å². The molecule has 0 aromatic rings. The molecule has 1 fully saturated rings. The summed E-state index contributed by atoms with van der Waals surface area (Å²) in [6.07, 6.45) is 2.27.